The Morgan fingerprint density at radius 1 is 1.16 bits per heavy atom. The lowest BCUT2D eigenvalue weighted by atomic mass is 9.98. The molecule has 0 aliphatic carbocycles. The van der Waals surface area contributed by atoms with E-state index in [0.29, 0.717) is 28.4 Å². The normalized spacial score (nSPS) is 15.6. The number of benzene rings is 2. The second kappa shape index (κ2) is 9.39. The minimum absolute atomic E-state index is 0. The molecule has 4 rings (SSSR count). The standard InChI is InChI=1S/C21H18N4O4S2.H2O/c1-31(28,29)24-16-9-7-14(8-10-16)18-13-19(15-4-2-5-17(12-15)23-27)25(22-18)21(26)20-6-3-11-30-20;/h2-12,19,24H,13H2,1H3;1H2. The van der Waals surface area contributed by atoms with Crippen LogP contribution >= 0.6 is 11.3 Å². The highest BCUT2D eigenvalue weighted by Gasteiger charge is 2.34. The summed E-state index contributed by atoms with van der Waals surface area (Å²) < 4.78 is 25.3. The first-order chi connectivity index (χ1) is 14.8. The number of nitrogens with zero attached hydrogens (tertiary/aromatic N) is 2. The van der Waals surface area contributed by atoms with Crippen molar-refractivity contribution in [2.24, 2.45) is 5.10 Å². The van der Waals surface area contributed by atoms with Crippen LogP contribution in [0.5, 0.6) is 0 Å². The van der Waals surface area contributed by atoms with Crippen molar-refractivity contribution in [2.75, 3.05) is 11.0 Å². The molecule has 0 saturated heterocycles. The van der Waals surface area contributed by atoms with Crippen LogP contribution in [0.2, 0.25) is 0 Å². The quantitative estimate of drug-likeness (QED) is 0.567. The zero-order chi connectivity index (χ0) is 22.0. The van der Waals surface area contributed by atoms with Crippen LogP contribution in [0.1, 0.15) is 33.3 Å². The van der Waals surface area contributed by atoms with Crippen molar-refractivity contribution in [1.82, 2.24) is 5.01 Å². The summed E-state index contributed by atoms with van der Waals surface area (Å²) in [6.45, 7) is 0. The molecule has 3 N–H and O–H groups in total. The van der Waals surface area contributed by atoms with Crippen LogP contribution in [0.15, 0.2) is 71.1 Å². The van der Waals surface area contributed by atoms with Crippen LogP contribution in [-0.4, -0.2) is 36.8 Å². The van der Waals surface area contributed by atoms with Crippen LogP contribution < -0.4 is 9.90 Å². The van der Waals surface area contributed by atoms with E-state index in [1.165, 1.54) is 16.3 Å². The number of nitroso groups, excluding NO2 is 1. The predicted molar refractivity (Wildman–Crippen MR) is 122 cm³/mol. The summed E-state index contributed by atoms with van der Waals surface area (Å²) in [5.41, 5.74) is 3.12. The predicted octanol–water partition coefficient (Wildman–Crippen LogP) is 2.41. The maximum absolute atomic E-state index is 13.1. The molecule has 1 aliphatic rings. The van der Waals surface area contributed by atoms with Gasteiger partial charge in [0, 0.05) is 34.3 Å². The second-order valence-corrected chi connectivity index (χ2v) is 9.77. The minimum atomic E-state index is -3.37. The van der Waals surface area contributed by atoms with Gasteiger partial charge in [-0.15, -0.1) is 11.3 Å². The molecular weight excluding hydrogens is 452 g/mol. The molecule has 9 nitrogen and oxygen atoms in total. The number of nitrogens with one attached hydrogen (secondary N) is 2. The van der Waals surface area contributed by atoms with Gasteiger partial charge in [-0.05, 0) is 34.7 Å². The van der Waals surface area contributed by atoms with Crippen molar-refractivity contribution in [3.8, 4) is 0 Å². The maximum atomic E-state index is 13.1. The Labute approximate surface area is 188 Å². The molecule has 1 aliphatic heterocycles. The van der Waals surface area contributed by atoms with Gasteiger partial charge in [0.2, 0.25) is 10.0 Å². The van der Waals surface area contributed by atoms with Crippen LogP contribution in [0.25, 0.3) is 0 Å². The van der Waals surface area contributed by atoms with Crippen molar-refractivity contribution < 1.29 is 23.9 Å². The van der Waals surface area contributed by atoms with Gasteiger partial charge in [0.15, 0.2) is 0 Å². The Balaban J connectivity index is 0.00000289. The molecule has 3 aromatic rings. The van der Waals surface area contributed by atoms with Gasteiger partial charge in [-0.1, -0.05) is 30.3 Å². The van der Waals surface area contributed by atoms with Gasteiger partial charge in [-0.25, -0.2) is 13.4 Å². The van der Waals surface area contributed by atoms with Crippen molar-refractivity contribution in [3.05, 3.63) is 87.0 Å². The number of carbonyl (C=O) groups excluding carboxylic acids is 1. The summed E-state index contributed by atoms with van der Waals surface area (Å²) in [7, 11) is -3.37. The number of rotatable bonds is 6. The topological polar surface area (TPSA) is 140 Å². The van der Waals surface area contributed by atoms with Crippen LogP contribution in [0, 0.1) is 4.91 Å². The fourth-order valence-corrected chi connectivity index (χ4v) is 4.62. The summed E-state index contributed by atoms with van der Waals surface area (Å²) in [6.07, 6.45) is 1.55. The molecule has 11 heteroatoms. The van der Waals surface area contributed by atoms with Crippen molar-refractivity contribution in [1.29, 1.82) is 0 Å². The number of sulfonamides is 1. The zero-order valence-electron chi connectivity index (χ0n) is 16.9. The van der Waals surface area contributed by atoms with Gasteiger partial charge in [-0.3, -0.25) is 9.52 Å². The third-order valence-corrected chi connectivity index (χ3v) is 6.23. The lowest BCUT2D eigenvalue weighted by Crippen LogP contribution is -2.55. The van der Waals surface area contributed by atoms with E-state index in [2.05, 4.69) is 9.82 Å². The molecule has 1 amide bonds. The summed E-state index contributed by atoms with van der Waals surface area (Å²) in [5, 5.41) is 9.77. The van der Waals surface area contributed by atoms with Crippen molar-refractivity contribution in [3.63, 3.8) is 0 Å². The molecule has 0 radical (unpaired) electrons. The number of hydrogen-bond donors (Lipinski definition) is 2. The number of amides is 1. The van der Waals surface area contributed by atoms with Crippen LogP contribution in [0.3, 0.4) is 0 Å². The van der Waals surface area contributed by atoms with E-state index >= 15 is 0 Å². The largest absolute Gasteiger partial charge is 0.870 e. The van der Waals surface area contributed by atoms with E-state index in [0.717, 1.165) is 17.4 Å². The van der Waals surface area contributed by atoms with Gasteiger partial charge < -0.3 is 5.48 Å². The number of anilines is 1. The van der Waals surface area contributed by atoms with E-state index in [-0.39, 0.29) is 17.4 Å². The Hall–Kier alpha value is -3.41. The molecule has 166 valence electrons. The highest BCUT2D eigenvalue weighted by molar-refractivity contribution is 7.92. The minimum Gasteiger partial charge on any atom is -0.870 e. The Kier molecular flexibility index (Phi) is 6.82. The van der Waals surface area contributed by atoms with Gasteiger partial charge in [0.05, 0.1) is 22.9 Å². The molecule has 0 bridgehead atoms. The maximum Gasteiger partial charge on any atom is 0.284 e. The van der Waals surface area contributed by atoms with Gasteiger partial charge >= 0.3 is 0 Å². The van der Waals surface area contributed by atoms with Gasteiger partial charge in [0.25, 0.3) is 11.6 Å². The first-order valence-corrected chi connectivity index (χ1v) is 12.1. The number of hydrogen-bond acceptors (Lipinski definition) is 7. The average Bonchev–Trinajstić information content (AvgIpc) is 3.43. The molecule has 0 spiro atoms. The van der Waals surface area contributed by atoms with Crippen molar-refractivity contribution >= 4 is 44.4 Å². The molecule has 32 heavy (non-hydrogen) atoms. The number of hydrazone groups is 1. The molecule has 1 unspecified atom stereocenters. The molecule has 0 saturated carbocycles. The van der Waals surface area contributed by atoms with Gasteiger partial charge in [0.1, 0.15) is 0 Å². The first kappa shape index (κ1) is 23.3. The lowest BCUT2D eigenvalue weighted by molar-refractivity contribution is -0.379. The fraction of sp³-hybridized carbons (Fsp3) is 0.143. The van der Waals surface area contributed by atoms with Crippen molar-refractivity contribution in [2.45, 2.75) is 12.5 Å². The Bertz CT molecular complexity index is 1260. The third kappa shape index (κ3) is 5.07. The summed E-state index contributed by atoms with van der Waals surface area (Å²) in [6, 6.07) is 17.0. The number of thiophene rings is 1. The highest BCUT2D eigenvalue weighted by Crippen LogP contribution is 2.35. The summed E-state index contributed by atoms with van der Waals surface area (Å²) in [5.74, 6) is -0.217. The second-order valence-electron chi connectivity index (χ2n) is 7.07. The Morgan fingerprint density at radius 2 is 1.91 bits per heavy atom. The monoisotopic (exact) mass is 472 g/mol. The lowest BCUT2D eigenvalue weighted by Gasteiger charge is -2.21. The van der Waals surface area contributed by atoms with E-state index < -0.39 is 10.0 Å². The molecule has 0 fully saturated rings. The van der Waals surface area contributed by atoms with Crippen LogP contribution in [0.4, 0.5) is 11.4 Å². The number of carbonyl (C=O) groups is 1. The summed E-state index contributed by atoms with van der Waals surface area (Å²) >= 11 is 1.34. The zero-order valence-corrected chi connectivity index (χ0v) is 18.6. The highest BCUT2D eigenvalue weighted by atomic mass is 32.2. The smallest absolute Gasteiger partial charge is 0.284 e. The molecule has 2 aromatic carbocycles. The molecule has 2 heterocycles. The van der Waals surface area contributed by atoms with E-state index in [4.69, 9.17) is 0 Å². The van der Waals surface area contributed by atoms with E-state index in [1.54, 1.807) is 48.5 Å². The fourth-order valence-electron chi connectivity index (χ4n) is 3.40. The SMILES string of the molecule is CS(=O)(=O)Nc1ccc(C2=NN(C(=O)c3cccs3)C(c3cccc([NH+]=O)c3)C2)cc1.[OH-]. The average molecular weight is 473 g/mol. The van der Waals surface area contributed by atoms with Gasteiger partial charge in [-0.2, -0.15) is 5.10 Å². The molecule has 1 atom stereocenters. The summed E-state index contributed by atoms with van der Waals surface area (Å²) in [4.78, 5) is 24.8. The first-order valence-electron chi connectivity index (χ1n) is 9.35. The molecule has 1 aromatic heterocycles. The van der Waals surface area contributed by atoms with E-state index in [9.17, 15) is 18.1 Å². The Morgan fingerprint density at radius 3 is 2.53 bits per heavy atom. The third-order valence-electron chi connectivity index (χ3n) is 4.76. The van der Waals surface area contributed by atoms with Crippen LogP contribution in [-0.2, 0) is 10.0 Å². The molecular formula is C21H20N4O5S2. The van der Waals surface area contributed by atoms with E-state index in [1.807, 2.05) is 22.7 Å².